The van der Waals surface area contributed by atoms with E-state index in [1.807, 2.05) is 0 Å². The number of carboxylic acid groups (broad SMARTS) is 1. The highest BCUT2D eigenvalue weighted by Crippen LogP contribution is 2.28. The minimum atomic E-state index is -1.41. The number of nitrogens with zero attached hydrogens (tertiary/aromatic N) is 1. The second-order valence-corrected chi connectivity index (χ2v) is 3.55. The molecule has 1 fully saturated rings. The largest absolute Gasteiger partial charge is 0.474 e. The molecule has 1 heterocycles. The van der Waals surface area contributed by atoms with E-state index in [-0.39, 0.29) is 12.6 Å². The standard InChI is InChI=1S/C10H11NO4/c12-9(10(13)14)11(7-3-4-7)6-8-2-1-5-15-8/h1-2,5,7H,3-4,6H2,(H,13,14). The Morgan fingerprint density at radius 3 is 2.73 bits per heavy atom. The van der Waals surface area contributed by atoms with Gasteiger partial charge in [-0.3, -0.25) is 4.79 Å². The summed E-state index contributed by atoms with van der Waals surface area (Å²) in [7, 11) is 0. The molecule has 0 spiro atoms. The van der Waals surface area contributed by atoms with E-state index < -0.39 is 11.9 Å². The fraction of sp³-hybridized carbons (Fsp3) is 0.400. The number of furan rings is 1. The molecule has 1 aliphatic carbocycles. The maximum absolute atomic E-state index is 11.3. The van der Waals surface area contributed by atoms with Gasteiger partial charge in [0.1, 0.15) is 5.76 Å². The third kappa shape index (κ3) is 2.18. The zero-order valence-electron chi connectivity index (χ0n) is 8.05. The van der Waals surface area contributed by atoms with Crippen LogP contribution >= 0.6 is 0 Å². The molecule has 1 aliphatic rings. The summed E-state index contributed by atoms with van der Waals surface area (Å²) in [5, 5.41) is 8.64. The second kappa shape index (κ2) is 3.76. The Labute approximate surface area is 86.3 Å². The van der Waals surface area contributed by atoms with Gasteiger partial charge in [-0.1, -0.05) is 0 Å². The lowest BCUT2D eigenvalue weighted by molar-refractivity contribution is -0.156. The van der Waals surface area contributed by atoms with Crippen molar-refractivity contribution in [2.45, 2.75) is 25.4 Å². The first-order valence-electron chi connectivity index (χ1n) is 4.75. The van der Waals surface area contributed by atoms with Gasteiger partial charge in [0.2, 0.25) is 0 Å². The fourth-order valence-corrected chi connectivity index (χ4v) is 1.45. The van der Waals surface area contributed by atoms with Crippen molar-refractivity contribution in [1.82, 2.24) is 4.90 Å². The quantitative estimate of drug-likeness (QED) is 0.749. The van der Waals surface area contributed by atoms with E-state index in [2.05, 4.69) is 0 Å². The van der Waals surface area contributed by atoms with Crippen molar-refractivity contribution in [1.29, 1.82) is 0 Å². The predicted octanol–water partition coefficient (Wildman–Crippen LogP) is 0.855. The average molecular weight is 209 g/mol. The molecule has 0 radical (unpaired) electrons. The molecular weight excluding hydrogens is 198 g/mol. The Morgan fingerprint density at radius 2 is 2.27 bits per heavy atom. The molecule has 0 aliphatic heterocycles. The molecule has 5 nitrogen and oxygen atoms in total. The highest BCUT2D eigenvalue weighted by molar-refractivity contribution is 6.31. The van der Waals surface area contributed by atoms with Gasteiger partial charge < -0.3 is 14.4 Å². The first-order valence-corrected chi connectivity index (χ1v) is 4.75. The first kappa shape index (κ1) is 9.76. The van der Waals surface area contributed by atoms with Crippen molar-refractivity contribution in [3.8, 4) is 0 Å². The zero-order valence-corrected chi connectivity index (χ0v) is 8.05. The van der Waals surface area contributed by atoms with Gasteiger partial charge in [-0.05, 0) is 25.0 Å². The molecule has 1 amide bonds. The Bertz CT molecular complexity index is 367. The van der Waals surface area contributed by atoms with E-state index in [4.69, 9.17) is 9.52 Å². The van der Waals surface area contributed by atoms with Gasteiger partial charge in [0.25, 0.3) is 0 Å². The summed E-state index contributed by atoms with van der Waals surface area (Å²) in [5.41, 5.74) is 0. The number of carboxylic acids is 1. The minimum absolute atomic E-state index is 0.0682. The molecule has 1 saturated carbocycles. The van der Waals surface area contributed by atoms with E-state index in [1.165, 1.54) is 11.2 Å². The lowest BCUT2D eigenvalue weighted by Gasteiger charge is -2.18. The van der Waals surface area contributed by atoms with Gasteiger partial charge in [-0.15, -0.1) is 0 Å². The zero-order chi connectivity index (χ0) is 10.8. The van der Waals surface area contributed by atoms with E-state index >= 15 is 0 Å². The smallest absolute Gasteiger partial charge is 0.394 e. The van der Waals surface area contributed by atoms with Crippen molar-refractivity contribution in [3.05, 3.63) is 24.2 Å². The Hall–Kier alpha value is -1.78. The molecule has 0 atom stereocenters. The topological polar surface area (TPSA) is 70.8 Å². The van der Waals surface area contributed by atoms with Gasteiger partial charge in [0.05, 0.1) is 12.8 Å². The van der Waals surface area contributed by atoms with E-state index in [1.54, 1.807) is 12.1 Å². The van der Waals surface area contributed by atoms with Crippen LogP contribution in [-0.4, -0.2) is 27.9 Å². The van der Waals surface area contributed by atoms with E-state index in [0.717, 1.165) is 12.8 Å². The Balaban J connectivity index is 2.07. The van der Waals surface area contributed by atoms with Crippen LogP contribution in [0.2, 0.25) is 0 Å². The van der Waals surface area contributed by atoms with Gasteiger partial charge in [0.15, 0.2) is 0 Å². The van der Waals surface area contributed by atoms with Crippen LogP contribution in [0.1, 0.15) is 18.6 Å². The molecule has 1 aromatic rings. The van der Waals surface area contributed by atoms with Crippen LogP contribution in [0.15, 0.2) is 22.8 Å². The van der Waals surface area contributed by atoms with Gasteiger partial charge in [-0.2, -0.15) is 0 Å². The highest BCUT2D eigenvalue weighted by Gasteiger charge is 2.35. The van der Waals surface area contributed by atoms with Crippen LogP contribution in [0.25, 0.3) is 0 Å². The van der Waals surface area contributed by atoms with Gasteiger partial charge in [0, 0.05) is 6.04 Å². The second-order valence-electron chi connectivity index (χ2n) is 3.55. The summed E-state index contributed by atoms with van der Waals surface area (Å²) >= 11 is 0. The lowest BCUT2D eigenvalue weighted by Crippen LogP contribution is -2.37. The Kier molecular flexibility index (Phi) is 2.45. The number of hydrogen-bond acceptors (Lipinski definition) is 3. The van der Waals surface area contributed by atoms with Crippen molar-refractivity contribution >= 4 is 11.9 Å². The van der Waals surface area contributed by atoms with E-state index in [0.29, 0.717) is 5.76 Å². The fourth-order valence-electron chi connectivity index (χ4n) is 1.45. The van der Waals surface area contributed by atoms with Crippen LogP contribution in [0.5, 0.6) is 0 Å². The molecule has 0 aromatic carbocycles. The third-order valence-electron chi connectivity index (χ3n) is 2.34. The molecule has 15 heavy (non-hydrogen) atoms. The number of hydrogen-bond donors (Lipinski definition) is 1. The molecule has 5 heteroatoms. The number of carbonyl (C=O) groups excluding carboxylic acids is 1. The first-order chi connectivity index (χ1) is 7.18. The van der Waals surface area contributed by atoms with Gasteiger partial charge >= 0.3 is 11.9 Å². The molecule has 2 rings (SSSR count). The summed E-state index contributed by atoms with van der Waals surface area (Å²) in [6.07, 6.45) is 3.26. The molecule has 0 bridgehead atoms. The van der Waals surface area contributed by atoms with Crippen LogP contribution in [-0.2, 0) is 16.1 Å². The lowest BCUT2D eigenvalue weighted by atomic mass is 10.3. The molecule has 1 aromatic heterocycles. The van der Waals surface area contributed by atoms with Crippen molar-refractivity contribution in [2.75, 3.05) is 0 Å². The highest BCUT2D eigenvalue weighted by atomic mass is 16.4. The van der Waals surface area contributed by atoms with Crippen molar-refractivity contribution < 1.29 is 19.1 Å². The number of aliphatic carboxylic acids is 1. The monoisotopic (exact) mass is 209 g/mol. The number of carbonyl (C=O) groups is 2. The van der Waals surface area contributed by atoms with Crippen LogP contribution in [0.4, 0.5) is 0 Å². The van der Waals surface area contributed by atoms with Gasteiger partial charge in [-0.25, -0.2) is 4.79 Å². The van der Waals surface area contributed by atoms with Crippen LogP contribution in [0.3, 0.4) is 0 Å². The SMILES string of the molecule is O=C(O)C(=O)N(Cc1ccco1)C1CC1. The Morgan fingerprint density at radius 1 is 1.53 bits per heavy atom. The van der Waals surface area contributed by atoms with Crippen LogP contribution < -0.4 is 0 Å². The van der Waals surface area contributed by atoms with Crippen LogP contribution in [0, 0.1) is 0 Å². The molecule has 80 valence electrons. The summed E-state index contributed by atoms with van der Waals surface area (Å²) in [6, 6.07) is 3.51. The average Bonchev–Trinajstić information content (AvgIpc) is 2.92. The normalized spacial score (nSPS) is 14.9. The maximum atomic E-state index is 11.3. The summed E-state index contributed by atoms with van der Waals surface area (Å²) < 4.78 is 5.09. The number of amides is 1. The van der Waals surface area contributed by atoms with Crippen molar-refractivity contribution in [3.63, 3.8) is 0 Å². The summed E-state index contributed by atoms with van der Waals surface area (Å²) in [4.78, 5) is 23.3. The molecule has 0 saturated heterocycles. The van der Waals surface area contributed by atoms with E-state index in [9.17, 15) is 9.59 Å². The molecule has 0 unspecified atom stereocenters. The number of rotatable bonds is 3. The predicted molar refractivity (Wildman–Crippen MR) is 49.9 cm³/mol. The minimum Gasteiger partial charge on any atom is -0.474 e. The maximum Gasteiger partial charge on any atom is 0.394 e. The molecule has 1 N–H and O–H groups in total. The summed E-state index contributed by atoms with van der Waals surface area (Å²) in [6.45, 7) is 0.239. The van der Waals surface area contributed by atoms with Crippen molar-refractivity contribution in [2.24, 2.45) is 0 Å². The molecular formula is C10H11NO4. The third-order valence-corrected chi connectivity index (χ3v) is 2.34. The summed E-state index contributed by atoms with van der Waals surface area (Å²) in [5.74, 6) is -1.65.